The predicted octanol–water partition coefficient (Wildman–Crippen LogP) is 6.94. The van der Waals surface area contributed by atoms with Crippen LogP contribution in [0.3, 0.4) is 0 Å². The van der Waals surface area contributed by atoms with Crippen molar-refractivity contribution in [3.8, 4) is 0 Å². The molecule has 25 heavy (non-hydrogen) atoms. The van der Waals surface area contributed by atoms with Crippen LogP contribution in [0.1, 0.15) is 34.6 Å². The van der Waals surface area contributed by atoms with Gasteiger partial charge in [-0.15, -0.1) is 7.92 Å². The minimum absolute atomic E-state index is 0. The molecule has 0 aliphatic heterocycles. The topological polar surface area (TPSA) is 0 Å². The molecule has 1 fully saturated rings. The van der Waals surface area contributed by atoms with Crippen molar-refractivity contribution in [1.29, 1.82) is 0 Å². The second kappa shape index (κ2) is 12.1. The van der Waals surface area contributed by atoms with Gasteiger partial charge in [0.2, 0.25) is 0 Å². The molecule has 0 spiro atoms. The third-order valence-electron chi connectivity index (χ3n) is 3.41. The van der Waals surface area contributed by atoms with Crippen molar-refractivity contribution >= 4 is 7.92 Å². The van der Waals surface area contributed by atoms with E-state index in [1.54, 1.807) is 0 Å². The molecule has 152 valence electrons. The van der Waals surface area contributed by atoms with Gasteiger partial charge < -0.3 is 8.78 Å². The number of halogens is 7. The second-order valence-electron chi connectivity index (χ2n) is 5.80. The van der Waals surface area contributed by atoms with Crippen LogP contribution in [-0.2, 0) is 20.1 Å². The Balaban J connectivity index is -0.000000310. The van der Waals surface area contributed by atoms with Crippen molar-refractivity contribution < 1.29 is 50.8 Å². The number of hydrogen-bond donors (Lipinski definition) is 0. The van der Waals surface area contributed by atoms with Gasteiger partial charge in [-0.05, 0) is 49.6 Å². The Hall–Kier alpha value is 0.589. The van der Waals surface area contributed by atoms with E-state index in [1.807, 2.05) is 0 Å². The van der Waals surface area contributed by atoms with Crippen LogP contribution in [0, 0.1) is 36.0 Å². The molecule has 0 heterocycles. The van der Waals surface area contributed by atoms with Crippen LogP contribution in [0.5, 0.6) is 0 Å². The fourth-order valence-corrected chi connectivity index (χ4v) is 1.51. The first-order valence-electron chi connectivity index (χ1n) is 6.91. The molecule has 0 amide bonds. The zero-order valence-corrected chi connectivity index (χ0v) is 18.7. The first-order chi connectivity index (χ1) is 10.5. The molecule has 6 radical (unpaired) electrons. The van der Waals surface area contributed by atoms with E-state index in [0.717, 1.165) is 0 Å². The Morgan fingerprint density at radius 1 is 0.640 bits per heavy atom. The molecule has 1 rings (SSSR count). The summed E-state index contributed by atoms with van der Waals surface area (Å²) in [5, 5.41) is 0. The van der Waals surface area contributed by atoms with E-state index in [4.69, 9.17) is 0 Å². The van der Waals surface area contributed by atoms with Crippen LogP contribution in [0.2, 0.25) is 0 Å². The number of alkyl halides is 5. The van der Waals surface area contributed by atoms with E-state index in [9.17, 15) is 30.7 Å². The molecular formula is C16H24F7IrP-. The minimum Gasteiger partial charge on any atom is -0.415 e. The van der Waals surface area contributed by atoms with E-state index in [1.165, 1.54) is 29.6 Å². The average Bonchev–Trinajstić information content (AvgIpc) is 2.56. The monoisotopic (exact) mass is 573 g/mol. The Morgan fingerprint density at radius 2 is 0.800 bits per heavy atom. The molecule has 0 aromatic carbocycles. The third kappa shape index (κ3) is 9.91. The Kier molecular flexibility index (Phi) is 14.7. The van der Waals surface area contributed by atoms with Gasteiger partial charge in [-0.3, -0.25) is 0 Å². The van der Waals surface area contributed by atoms with Crippen molar-refractivity contribution in [3.05, 3.63) is 36.0 Å². The molecule has 1 saturated carbocycles. The molecule has 0 aromatic rings. The summed E-state index contributed by atoms with van der Waals surface area (Å²) < 4.78 is 76.3. The molecule has 0 saturated heterocycles. The summed E-state index contributed by atoms with van der Waals surface area (Å²) in [5.41, 5.74) is 0. The number of rotatable bonds is 1. The van der Waals surface area contributed by atoms with Crippen molar-refractivity contribution in [2.24, 2.45) is 0 Å². The SMILES string of the molecule is CP(C)C.C[C]1[C](C)[C](C)[C](C)[C]1C.F[C-](F)C(F)(F)C(F)(F)F.[Ir]. The fourth-order valence-electron chi connectivity index (χ4n) is 1.51. The molecule has 1 aliphatic rings. The molecule has 0 aromatic heterocycles. The van der Waals surface area contributed by atoms with E-state index in [2.05, 4.69) is 54.6 Å². The van der Waals surface area contributed by atoms with Gasteiger partial charge in [-0.25, -0.2) is 8.78 Å². The standard InChI is InChI=1S/C10H15.C3F7.C3H9P.Ir/c1-6-7(2)9(4)10(5)8(6)3;4-1(5)2(6,7)3(8,9)10;1-4(2)3;/h1-5H3;;1-3H3;/q;-1;;. The van der Waals surface area contributed by atoms with Gasteiger partial charge in [0, 0.05) is 20.1 Å². The predicted molar refractivity (Wildman–Crippen MR) is 85.7 cm³/mol. The molecule has 0 unspecified atom stereocenters. The van der Waals surface area contributed by atoms with Gasteiger partial charge >= 0.3 is 6.18 Å². The third-order valence-corrected chi connectivity index (χ3v) is 3.41. The van der Waals surface area contributed by atoms with Crippen molar-refractivity contribution in [2.75, 3.05) is 20.0 Å². The van der Waals surface area contributed by atoms with E-state index in [-0.39, 0.29) is 20.1 Å². The quantitative estimate of drug-likeness (QED) is 0.182. The summed E-state index contributed by atoms with van der Waals surface area (Å²) >= 11 is 0. The summed E-state index contributed by atoms with van der Waals surface area (Å²) in [6.07, 6.45) is -10.1. The van der Waals surface area contributed by atoms with Crippen molar-refractivity contribution in [2.45, 2.75) is 46.7 Å². The maximum atomic E-state index is 11.1. The summed E-state index contributed by atoms with van der Waals surface area (Å²) in [7, 11) is 0.380. The molecule has 0 atom stereocenters. The summed E-state index contributed by atoms with van der Waals surface area (Å²) in [6.45, 7) is 17.7. The largest absolute Gasteiger partial charge is 0.427 e. The normalized spacial score (nSPS) is 18.6. The Morgan fingerprint density at radius 3 is 0.840 bits per heavy atom. The van der Waals surface area contributed by atoms with Gasteiger partial charge in [-0.1, -0.05) is 34.6 Å². The maximum Gasteiger partial charge on any atom is 0.427 e. The van der Waals surface area contributed by atoms with Crippen LogP contribution in [0.4, 0.5) is 30.7 Å². The first-order valence-corrected chi connectivity index (χ1v) is 9.60. The minimum atomic E-state index is -6.20. The van der Waals surface area contributed by atoms with Crippen molar-refractivity contribution in [3.63, 3.8) is 0 Å². The Bertz CT molecular complexity index is 300. The molecule has 1 aliphatic carbocycles. The molecule has 0 nitrogen and oxygen atoms in total. The first kappa shape index (κ1) is 30.3. The van der Waals surface area contributed by atoms with Gasteiger partial charge in [-0.2, -0.15) is 13.2 Å². The van der Waals surface area contributed by atoms with E-state index in [0.29, 0.717) is 7.92 Å². The molecule has 0 bridgehead atoms. The van der Waals surface area contributed by atoms with Crippen LogP contribution < -0.4 is 0 Å². The maximum absolute atomic E-state index is 11.1. The number of hydrogen-bond acceptors (Lipinski definition) is 0. The van der Waals surface area contributed by atoms with Gasteiger partial charge in [0.25, 0.3) is 5.92 Å². The summed E-state index contributed by atoms with van der Waals surface area (Å²) in [4.78, 5) is 0. The average molecular weight is 573 g/mol. The zero-order chi connectivity index (χ0) is 20.0. The van der Waals surface area contributed by atoms with E-state index >= 15 is 0 Å². The van der Waals surface area contributed by atoms with Crippen molar-refractivity contribution in [1.82, 2.24) is 0 Å². The molecule has 0 N–H and O–H groups in total. The van der Waals surface area contributed by atoms with Gasteiger partial charge in [0.15, 0.2) is 0 Å². The zero-order valence-electron chi connectivity index (χ0n) is 15.4. The molecular weight excluding hydrogens is 548 g/mol. The fraction of sp³-hybridized carbons (Fsp3) is 0.625. The summed E-state index contributed by atoms with van der Waals surface area (Å²) in [6, 6.07) is 0. The van der Waals surface area contributed by atoms with E-state index < -0.39 is 18.5 Å². The van der Waals surface area contributed by atoms with Crippen LogP contribution in [0.25, 0.3) is 0 Å². The van der Waals surface area contributed by atoms with Crippen LogP contribution in [0.15, 0.2) is 0 Å². The van der Waals surface area contributed by atoms with Crippen LogP contribution >= 0.6 is 7.92 Å². The van der Waals surface area contributed by atoms with Crippen LogP contribution in [-0.4, -0.2) is 32.1 Å². The van der Waals surface area contributed by atoms with Gasteiger partial charge in [0.1, 0.15) is 0 Å². The smallest absolute Gasteiger partial charge is 0.415 e. The van der Waals surface area contributed by atoms with Gasteiger partial charge in [0.05, 0.1) is 6.43 Å². The summed E-state index contributed by atoms with van der Waals surface area (Å²) in [5.74, 6) is 1.36. The Labute approximate surface area is 161 Å². The molecule has 9 heteroatoms. The second-order valence-corrected chi connectivity index (χ2v) is 8.48.